The molecule has 0 aromatic carbocycles. The van der Waals surface area contributed by atoms with Crippen LogP contribution in [0.15, 0.2) is 11.0 Å². The van der Waals surface area contributed by atoms with Crippen LogP contribution >= 0.6 is 0 Å². The smallest absolute Gasteiger partial charge is 0.410 e. The van der Waals surface area contributed by atoms with Gasteiger partial charge in [0.2, 0.25) is 0 Å². The Hall–Kier alpha value is -1.73. The van der Waals surface area contributed by atoms with Crippen molar-refractivity contribution in [3.8, 4) is 0 Å². The number of carbonyl (C=O) groups is 1. The summed E-state index contributed by atoms with van der Waals surface area (Å²) in [7, 11) is 0. The summed E-state index contributed by atoms with van der Waals surface area (Å²) in [6.07, 6.45) is -3.66. The summed E-state index contributed by atoms with van der Waals surface area (Å²) in [6, 6.07) is -2.03. The maximum atomic E-state index is 12.4. The zero-order valence-corrected chi connectivity index (χ0v) is 9.17. The summed E-state index contributed by atoms with van der Waals surface area (Å²) in [5.41, 5.74) is -1.49. The van der Waals surface area contributed by atoms with Gasteiger partial charge in [-0.25, -0.2) is 9.48 Å². The summed E-state index contributed by atoms with van der Waals surface area (Å²) >= 11 is 0. The second-order valence-corrected chi connectivity index (χ2v) is 3.30. The largest absolute Gasteiger partial charge is 0.462 e. The summed E-state index contributed by atoms with van der Waals surface area (Å²) < 4.78 is 42.0. The molecule has 0 saturated heterocycles. The molecule has 1 N–H and O–H groups in total. The lowest BCUT2D eigenvalue weighted by atomic mass is 10.3. The SMILES string of the molecule is CCOC(=O)c1c[nH]n(C(C)C(F)(F)F)c1=O. The van der Waals surface area contributed by atoms with Crippen molar-refractivity contribution in [3.63, 3.8) is 0 Å². The first kappa shape index (κ1) is 13.3. The molecule has 5 nitrogen and oxygen atoms in total. The van der Waals surface area contributed by atoms with Gasteiger partial charge in [0, 0.05) is 6.20 Å². The van der Waals surface area contributed by atoms with Crippen molar-refractivity contribution < 1.29 is 22.7 Å². The number of hydrogen-bond donors (Lipinski definition) is 1. The fourth-order valence-electron chi connectivity index (χ4n) is 1.17. The lowest BCUT2D eigenvalue weighted by Gasteiger charge is -2.15. The number of hydrogen-bond acceptors (Lipinski definition) is 3. The van der Waals surface area contributed by atoms with Crippen LogP contribution in [0.5, 0.6) is 0 Å². The van der Waals surface area contributed by atoms with Crippen molar-refractivity contribution in [1.82, 2.24) is 9.78 Å². The Labute approximate surface area is 94.2 Å². The Morgan fingerprint density at radius 3 is 2.65 bits per heavy atom. The zero-order chi connectivity index (χ0) is 13.2. The molecule has 0 aliphatic heterocycles. The zero-order valence-electron chi connectivity index (χ0n) is 9.17. The standard InChI is InChI=1S/C9H11F3N2O3/c1-3-17-8(16)6-4-13-14(7(6)15)5(2)9(10,11)12/h4-5,13H,3H2,1-2H3. The summed E-state index contributed by atoms with van der Waals surface area (Å²) in [6.45, 7) is 2.38. The molecule has 0 spiro atoms. The van der Waals surface area contributed by atoms with Crippen LogP contribution in [0.2, 0.25) is 0 Å². The highest BCUT2D eigenvalue weighted by molar-refractivity contribution is 5.88. The van der Waals surface area contributed by atoms with Gasteiger partial charge in [-0.2, -0.15) is 13.2 Å². The Balaban J connectivity index is 3.08. The number of rotatable bonds is 3. The number of aromatic nitrogens is 2. The highest BCUT2D eigenvalue weighted by Crippen LogP contribution is 2.28. The molecule has 0 fully saturated rings. The second kappa shape index (κ2) is 4.64. The third-order valence-corrected chi connectivity index (χ3v) is 2.15. The molecule has 96 valence electrons. The van der Waals surface area contributed by atoms with Crippen molar-refractivity contribution in [3.05, 3.63) is 22.1 Å². The van der Waals surface area contributed by atoms with Crippen LogP contribution < -0.4 is 5.56 Å². The molecule has 1 atom stereocenters. The molecule has 0 amide bonds. The molecule has 1 rings (SSSR count). The van der Waals surface area contributed by atoms with Gasteiger partial charge >= 0.3 is 12.1 Å². The molecule has 1 unspecified atom stereocenters. The number of alkyl halides is 3. The van der Waals surface area contributed by atoms with E-state index >= 15 is 0 Å². The minimum Gasteiger partial charge on any atom is -0.462 e. The average Bonchev–Trinajstić information content (AvgIpc) is 2.58. The molecule has 1 aromatic heterocycles. The average molecular weight is 252 g/mol. The highest BCUT2D eigenvalue weighted by Gasteiger charge is 2.39. The summed E-state index contributed by atoms with van der Waals surface area (Å²) in [4.78, 5) is 22.7. The second-order valence-electron chi connectivity index (χ2n) is 3.30. The van der Waals surface area contributed by atoms with Gasteiger partial charge in [0.15, 0.2) is 0 Å². The number of carbonyl (C=O) groups excluding carboxylic acids is 1. The van der Waals surface area contributed by atoms with E-state index in [0.29, 0.717) is 4.68 Å². The van der Waals surface area contributed by atoms with Crippen molar-refractivity contribution in [1.29, 1.82) is 0 Å². The van der Waals surface area contributed by atoms with E-state index in [1.807, 2.05) is 0 Å². The number of aromatic amines is 1. The van der Waals surface area contributed by atoms with E-state index in [-0.39, 0.29) is 6.61 Å². The van der Waals surface area contributed by atoms with E-state index < -0.39 is 29.3 Å². The van der Waals surface area contributed by atoms with Gasteiger partial charge in [0.25, 0.3) is 5.56 Å². The van der Waals surface area contributed by atoms with Gasteiger partial charge in [-0.15, -0.1) is 0 Å². The molecule has 17 heavy (non-hydrogen) atoms. The fourth-order valence-corrected chi connectivity index (χ4v) is 1.17. The quantitative estimate of drug-likeness (QED) is 0.828. The summed E-state index contributed by atoms with van der Waals surface area (Å²) in [5, 5.41) is 2.10. The number of halogens is 3. The molecular formula is C9H11F3N2O3. The van der Waals surface area contributed by atoms with Crippen molar-refractivity contribution >= 4 is 5.97 Å². The maximum Gasteiger partial charge on any atom is 0.410 e. The van der Waals surface area contributed by atoms with E-state index in [4.69, 9.17) is 0 Å². The molecule has 0 radical (unpaired) electrons. The molecule has 0 bridgehead atoms. The Bertz CT molecular complexity index is 461. The first-order valence-electron chi connectivity index (χ1n) is 4.82. The monoisotopic (exact) mass is 252 g/mol. The summed E-state index contributed by atoms with van der Waals surface area (Å²) in [5.74, 6) is -0.943. The lowest BCUT2D eigenvalue weighted by molar-refractivity contribution is -0.166. The highest BCUT2D eigenvalue weighted by atomic mass is 19.4. The topological polar surface area (TPSA) is 64.1 Å². The fraction of sp³-hybridized carbons (Fsp3) is 0.556. The van der Waals surface area contributed by atoms with Crippen LogP contribution in [0.3, 0.4) is 0 Å². The van der Waals surface area contributed by atoms with Crippen LogP contribution in [-0.2, 0) is 4.74 Å². The molecule has 0 saturated carbocycles. The molecular weight excluding hydrogens is 241 g/mol. The molecule has 1 aromatic rings. The first-order valence-corrected chi connectivity index (χ1v) is 4.82. The van der Waals surface area contributed by atoms with E-state index in [1.165, 1.54) is 6.92 Å². The van der Waals surface area contributed by atoms with E-state index in [1.54, 1.807) is 0 Å². The number of nitrogens with one attached hydrogen (secondary N) is 1. The predicted molar refractivity (Wildman–Crippen MR) is 51.8 cm³/mol. The molecule has 0 aliphatic carbocycles. The first-order chi connectivity index (χ1) is 7.79. The minimum atomic E-state index is -4.57. The van der Waals surface area contributed by atoms with Gasteiger partial charge in [-0.05, 0) is 13.8 Å². The lowest BCUT2D eigenvalue weighted by Crippen LogP contribution is -2.33. The van der Waals surface area contributed by atoms with Crippen molar-refractivity contribution in [2.75, 3.05) is 6.61 Å². The van der Waals surface area contributed by atoms with Crippen LogP contribution in [0.4, 0.5) is 13.2 Å². The number of esters is 1. The van der Waals surface area contributed by atoms with Crippen LogP contribution in [0.1, 0.15) is 30.2 Å². The van der Waals surface area contributed by atoms with Gasteiger partial charge in [-0.1, -0.05) is 0 Å². The van der Waals surface area contributed by atoms with Crippen LogP contribution in [0, 0.1) is 0 Å². The van der Waals surface area contributed by atoms with Gasteiger partial charge < -0.3 is 9.84 Å². The van der Waals surface area contributed by atoms with Crippen molar-refractivity contribution in [2.45, 2.75) is 26.1 Å². The molecule has 1 heterocycles. The van der Waals surface area contributed by atoms with Gasteiger partial charge in [-0.3, -0.25) is 4.79 Å². The van der Waals surface area contributed by atoms with Crippen LogP contribution in [0.25, 0.3) is 0 Å². The van der Waals surface area contributed by atoms with E-state index in [0.717, 1.165) is 13.1 Å². The van der Waals surface area contributed by atoms with E-state index in [2.05, 4.69) is 9.84 Å². The Kier molecular flexibility index (Phi) is 3.64. The minimum absolute atomic E-state index is 0.0400. The molecule has 0 aliphatic rings. The van der Waals surface area contributed by atoms with Gasteiger partial charge in [0.05, 0.1) is 6.61 Å². The van der Waals surface area contributed by atoms with E-state index in [9.17, 15) is 22.8 Å². The third-order valence-electron chi connectivity index (χ3n) is 2.15. The number of ether oxygens (including phenoxy) is 1. The number of nitrogens with zero attached hydrogens (tertiary/aromatic N) is 1. The Morgan fingerprint density at radius 1 is 1.59 bits per heavy atom. The third kappa shape index (κ3) is 2.69. The maximum absolute atomic E-state index is 12.4. The van der Waals surface area contributed by atoms with Gasteiger partial charge in [0.1, 0.15) is 11.6 Å². The normalized spacial score (nSPS) is 13.5. The van der Waals surface area contributed by atoms with Crippen LogP contribution in [-0.4, -0.2) is 28.5 Å². The predicted octanol–water partition coefficient (Wildman–Crippen LogP) is 1.48. The number of H-pyrrole nitrogens is 1. The molecule has 8 heteroatoms. The van der Waals surface area contributed by atoms with Crippen molar-refractivity contribution in [2.24, 2.45) is 0 Å². The Morgan fingerprint density at radius 2 is 2.18 bits per heavy atom.